The van der Waals surface area contributed by atoms with Crippen molar-refractivity contribution in [3.05, 3.63) is 59.4 Å². The maximum atomic E-state index is 4.62. The van der Waals surface area contributed by atoms with Crippen LogP contribution in [0.5, 0.6) is 0 Å². The van der Waals surface area contributed by atoms with Gasteiger partial charge in [-0.15, -0.1) is 0 Å². The van der Waals surface area contributed by atoms with Crippen LogP contribution in [-0.4, -0.2) is 9.55 Å². The summed E-state index contributed by atoms with van der Waals surface area (Å²) < 4.78 is 2.28. The van der Waals surface area contributed by atoms with Crippen LogP contribution in [0.15, 0.2) is 42.7 Å². The van der Waals surface area contributed by atoms with Gasteiger partial charge in [0.25, 0.3) is 0 Å². The molecule has 126 valence electrons. The number of fused-ring (bicyclic) bond motifs is 1. The van der Waals surface area contributed by atoms with Crippen LogP contribution in [0, 0.1) is 0 Å². The van der Waals surface area contributed by atoms with E-state index < -0.39 is 0 Å². The van der Waals surface area contributed by atoms with E-state index >= 15 is 0 Å². The molecule has 0 saturated heterocycles. The van der Waals surface area contributed by atoms with Crippen LogP contribution >= 0.6 is 0 Å². The van der Waals surface area contributed by atoms with Gasteiger partial charge in [0, 0.05) is 0 Å². The molecule has 1 aromatic heterocycles. The molecule has 0 fully saturated rings. The van der Waals surface area contributed by atoms with Crippen molar-refractivity contribution < 1.29 is 0 Å². The molecule has 2 heteroatoms. The molecular weight excluding hydrogens is 292 g/mol. The minimum atomic E-state index is 0.470. The van der Waals surface area contributed by atoms with Gasteiger partial charge in [-0.05, 0) is 46.6 Å². The van der Waals surface area contributed by atoms with Gasteiger partial charge >= 0.3 is 0 Å². The lowest BCUT2D eigenvalue weighted by atomic mass is 9.87. The predicted octanol–water partition coefficient (Wildman–Crippen LogP) is 6.40. The molecule has 3 rings (SSSR count). The number of aromatic nitrogens is 2. The molecule has 0 saturated carbocycles. The quantitative estimate of drug-likeness (QED) is 0.544. The predicted molar refractivity (Wildman–Crippen MR) is 103 cm³/mol. The molecule has 0 N–H and O–H groups in total. The average Bonchev–Trinajstić information content (AvgIpc) is 2.97. The Kier molecular flexibility index (Phi) is 4.49. The molecule has 0 aliphatic rings. The van der Waals surface area contributed by atoms with Gasteiger partial charge in [0.2, 0.25) is 0 Å². The normalized spacial score (nSPS) is 12.0. The highest BCUT2D eigenvalue weighted by Gasteiger charge is 2.19. The third kappa shape index (κ3) is 2.86. The fourth-order valence-electron chi connectivity index (χ4n) is 3.33. The highest BCUT2D eigenvalue weighted by Crippen LogP contribution is 2.36. The van der Waals surface area contributed by atoms with E-state index in [-0.39, 0.29) is 0 Å². The first kappa shape index (κ1) is 16.8. The average molecular weight is 320 g/mol. The van der Waals surface area contributed by atoms with Crippen molar-refractivity contribution in [2.45, 2.75) is 59.3 Å². The van der Waals surface area contributed by atoms with Crippen LogP contribution in [0.4, 0.5) is 0 Å². The van der Waals surface area contributed by atoms with Crippen LogP contribution in [0.2, 0.25) is 0 Å². The zero-order valence-corrected chi connectivity index (χ0v) is 15.7. The standard InChI is InChI=1S/C22H28N2/c1-14(2)17-11-18(15(3)4)22(19(12-17)16(5)6)24-13-23-20-9-7-8-10-21(20)24/h7-16H,1-6H3. The maximum absolute atomic E-state index is 4.62. The van der Waals surface area contributed by atoms with Crippen LogP contribution < -0.4 is 0 Å². The molecule has 24 heavy (non-hydrogen) atoms. The molecule has 0 atom stereocenters. The molecule has 2 aromatic carbocycles. The molecule has 0 bridgehead atoms. The summed E-state index contributed by atoms with van der Waals surface area (Å²) in [5, 5.41) is 0. The highest BCUT2D eigenvalue weighted by molar-refractivity contribution is 5.78. The summed E-state index contributed by atoms with van der Waals surface area (Å²) in [5.74, 6) is 1.48. The zero-order valence-electron chi connectivity index (χ0n) is 15.7. The lowest BCUT2D eigenvalue weighted by Gasteiger charge is -2.23. The summed E-state index contributed by atoms with van der Waals surface area (Å²) >= 11 is 0. The number of nitrogens with zero attached hydrogens (tertiary/aromatic N) is 2. The fourth-order valence-corrected chi connectivity index (χ4v) is 3.33. The third-order valence-electron chi connectivity index (χ3n) is 4.80. The van der Waals surface area contributed by atoms with Crippen molar-refractivity contribution >= 4 is 11.0 Å². The van der Waals surface area contributed by atoms with E-state index in [0.717, 1.165) is 5.52 Å². The van der Waals surface area contributed by atoms with E-state index in [2.05, 4.69) is 81.4 Å². The Labute approximate surface area is 145 Å². The minimum absolute atomic E-state index is 0.470. The number of rotatable bonds is 4. The lowest BCUT2D eigenvalue weighted by Crippen LogP contribution is -2.08. The molecular formula is C22H28N2. The molecule has 1 heterocycles. The van der Waals surface area contributed by atoms with Gasteiger partial charge in [0.05, 0.1) is 16.7 Å². The van der Waals surface area contributed by atoms with Gasteiger partial charge in [-0.25, -0.2) is 4.98 Å². The molecule has 0 radical (unpaired) electrons. The minimum Gasteiger partial charge on any atom is -0.298 e. The van der Waals surface area contributed by atoms with Gasteiger partial charge in [0.15, 0.2) is 0 Å². The summed E-state index contributed by atoms with van der Waals surface area (Å²) in [4.78, 5) is 4.62. The van der Waals surface area contributed by atoms with E-state index in [1.165, 1.54) is 27.9 Å². The second kappa shape index (κ2) is 6.43. The van der Waals surface area contributed by atoms with E-state index in [0.29, 0.717) is 17.8 Å². The van der Waals surface area contributed by atoms with Gasteiger partial charge in [-0.1, -0.05) is 65.8 Å². The van der Waals surface area contributed by atoms with Crippen molar-refractivity contribution in [1.29, 1.82) is 0 Å². The number of benzene rings is 2. The third-order valence-corrected chi connectivity index (χ3v) is 4.80. The Morgan fingerprint density at radius 2 is 1.38 bits per heavy atom. The van der Waals surface area contributed by atoms with Gasteiger partial charge in [0.1, 0.15) is 6.33 Å². The van der Waals surface area contributed by atoms with Crippen molar-refractivity contribution in [3.63, 3.8) is 0 Å². The number of hydrogen-bond acceptors (Lipinski definition) is 1. The Morgan fingerprint density at radius 1 is 0.792 bits per heavy atom. The maximum Gasteiger partial charge on any atom is 0.100 e. The Hall–Kier alpha value is -2.09. The van der Waals surface area contributed by atoms with E-state index in [1.54, 1.807) is 0 Å². The van der Waals surface area contributed by atoms with Gasteiger partial charge in [-0.3, -0.25) is 4.57 Å². The first-order valence-electron chi connectivity index (χ1n) is 9.00. The molecule has 0 spiro atoms. The number of hydrogen-bond donors (Lipinski definition) is 0. The van der Waals surface area contributed by atoms with Crippen molar-refractivity contribution in [2.24, 2.45) is 0 Å². The van der Waals surface area contributed by atoms with Crippen LogP contribution in [0.1, 0.15) is 76.0 Å². The van der Waals surface area contributed by atoms with Gasteiger partial charge < -0.3 is 0 Å². The zero-order chi connectivity index (χ0) is 17.4. The Bertz CT molecular complexity index is 824. The topological polar surface area (TPSA) is 17.8 Å². The summed E-state index contributed by atoms with van der Waals surface area (Å²) in [5.41, 5.74) is 7.79. The monoisotopic (exact) mass is 320 g/mol. The van der Waals surface area contributed by atoms with Crippen LogP contribution in [-0.2, 0) is 0 Å². The second-order valence-corrected chi connectivity index (χ2v) is 7.62. The highest BCUT2D eigenvalue weighted by atomic mass is 15.1. The van der Waals surface area contributed by atoms with Gasteiger partial charge in [-0.2, -0.15) is 0 Å². The van der Waals surface area contributed by atoms with Crippen LogP contribution in [0.25, 0.3) is 16.7 Å². The second-order valence-electron chi connectivity index (χ2n) is 7.62. The number of imidazole rings is 1. The summed E-state index contributed by atoms with van der Waals surface area (Å²) in [7, 11) is 0. The Morgan fingerprint density at radius 3 is 1.92 bits per heavy atom. The first-order valence-corrected chi connectivity index (χ1v) is 9.00. The van der Waals surface area contributed by atoms with Crippen molar-refractivity contribution in [2.75, 3.05) is 0 Å². The fraction of sp³-hybridized carbons (Fsp3) is 0.409. The molecule has 0 unspecified atom stereocenters. The summed E-state index contributed by atoms with van der Waals surface area (Å²) in [6.07, 6.45) is 1.98. The Balaban J connectivity index is 2.37. The van der Waals surface area contributed by atoms with E-state index in [9.17, 15) is 0 Å². The van der Waals surface area contributed by atoms with Crippen LogP contribution in [0.3, 0.4) is 0 Å². The SMILES string of the molecule is CC(C)c1cc(C(C)C)c(-n2cnc3ccccc32)c(C(C)C)c1. The largest absolute Gasteiger partial charge is 0.298 e. The lowest BCUT2D eigenvalue weighted by molar-refractivity contribution is 0.787. The molecule has 0 aliphatic carbocycles. The molecule has 0 amide bonds. The molecule has 3 aromatic rings. The smallest absolute Gasteiger partial charge is 0.100 e. The molecule has 0 aliphatic heterocycles. The number of para-hydroxylation sites is 2. The van der Waals surface area contributed by atoms with E-state index in [4.69, 9.17) is 0 Å². The van der Waals surface area contributed by atoms with E-state index in [1.807, 2.05) is 12.4 Å². The first-order chi connectivity index (χ1) is 11.4. The summed E-state index contributed by atoms with van der Waals surface area (Å²) in [6, 6.07) is 13.2. The summed E-state index contributed by atoms with van der Waals surface area (Å²) in [6.45, 7) is 13.7. The van der Waals surface area contributed by atoms with Crippen molar-refractivity contribution in [3.8, 4) is 5.69 Å². The van der Waals surface area contributed by atoms with Crippen molar-refractivity contribution in [1.82, 2.24) is 9.55 Å². The molecule has 2 nitrogen and oxygen atoms in total.